The van der Waals surface area contributed by atoms with Gasteiger partial charge in [0.1, 0.15) is 15.6 Å². The lowest BCUT2D eigenvalue weighted by Crippen LogP contribution is -2.67. The van der Waals surface area contributed by atoms with E-state index in [4.69, 9.17) is 11.6 Å². The first-order chi connectivity index (χ1) is 13.6. The van der Waals surface area contributed by atoms with Crippen LogP contribution in [0.1, 0.15) is 31.0 Å². The van der Waals surface area contributed by atoms with Crippen molar-refractivity contribution in [2.24, 2.45) is 7.05 Å². The first-order valence-corrected chi connectivity index (χ1v) is 11.0. The molecular weight excluding hydrogens is 416 g/mol. The predicted octanol–water partition coefficient (Wildman–Crippen LogP) is 1.81. The molecule has 1 fully saturated rings. The van der Waals surface area contributed by atoms with Gasteiger partial charge in [-0.05, 0) is 32.3 Å². The molecule has 1 aliphatic rings. The number of rotatable bonds is 6. The smallest absolute Gasteiger partial charge is 0.269 e. The fraction of sp³-hybridized carbons (Fsp3) is 0.421. The molecule has 1 unspecified atom stereocenters. The second-order valence-electron chi connectivity index (χ2n) is 7.32. The van der Waals surface area contributed by atoms with Gasteiger partial charge in [-0.2, -0.15) is 5.10 Å². The van der Waals surface area contributed by atoms with Gasteiger partial charge in [0.2, 0.25) is 5.91 Å². The molecule has 0 bridgehead atoms. The molecule has 0 saturated carbocycles. The third-order valence-electron chi connectivity index (χ3n) is 5.27. The second-order valence-corrected chi connectivity index (χ2v) is 9.30. The van der Waals surface area contributed by atoms with Crippen LogP contribution in [0, 0.1) is 6.92 Å². The molecule has 2 amide bonds. The zero-order chi connectivity index (χ0) is 21.4. The van der Waals surface area contributed by atoms with Gasteiger partial charge in [-0.25, -0.2) is 13.1 Å². The van der Waals surface area contributed by atoms with Gasteiger partial charge in [-0.15, -0.1) is 0 Å². The number of aromatic nitrogens is 2. The van der Waals surface area contributed by atoms with Crippen molar-refractivity contribution in [3.05, 3.63) is 46.7 Å². The molecule has 2 heterocycles. The minimum atomic E-state index is -4.22. The molecule has 1 aliphatic heterocycles. The molecule has 10 heteroatoms. The molecule has 1 saturated heterocycles. The van der Waals surface area contributed by atoms with Gasteiger partial charge in [0.05, 0.1) is 5.69 Å². The number of benzene rings is 1. The van der Waals surface area contributed by atoms with Gasteiger partial charge in [0.15, 0.2) is 0 Å². The maximum Gasteiger partial charge on any atom is 0.269 e. The Bertz CT molecular complexity index is 1050. The van der Waals surface area contributed by atoms with Crippen molar-refractivity contribution in [3.63, 3.8) is 0 Å². The predicted molar refractivity (Wildman–Crippen MR) is 108 cm³/mol. The Kier molecular flexibility index (Phi) is 5.73. The number of hydrogen-bond acceptors (Lipinski definition) is 5. The Morgan fingerprint density at radius 2 is 1.93 bits per heavy atom. The number of halogens is 1. The number of hydrogen-bond donors (Lipinski definition) is 1. The van der Waals surface area contributed by atoms with Gasteiger partial charge >= 0.3 is 0 Å². The van der Waals surface area contributed by atoms with E-state index in [2.05, 4.69) is 9.82 Å². The third-order valence-corrected chi connectivity index (χ3v) is 7.30. The van der Waals surface area contributed by atoms with E-state index in [0.717, 1.165) is 5.56 Å². The van der Waals surface area contributed by atoms with Crippen LogP contribution >= 0.6 is 11.6 Å². The lowest BCUT2D eigenvalue weighted by molar-refractivity contribution is -0.156. The monoisotopic (exact) mass is 438 g/mol. The number of carbonyl (C=O) groups is 2. The molecule has 8 nitrogen and oxygen atoms in total. The molecule has 0 radical (unpaired) electrons. The highest BCUT2D eigenvalue weighted by Gasteiger charge is 2.50. The van der Waals surface area contributed by atoms with E-state index < -0.39 is 21.5 Å². The van der Waals surface area contributed by atoms with E-state index in [-0.39, 0.29) is 28.1 Å². The molecule has 0 aliphatic carbocycles. The van der Waals surface area contributed by atoms with Crippen molar-refractivity contribution in [3.8, 4) is 0 Å². The third kappa shape index (κ3) is 4.02. The summed E-state index contributed by atoms with van der Waals surface area (Å²) in [5.74, 6) is -0.943. The SMILES string of the molecule is Cc1nn(C)c(Cl)c1S(=O)(=O)NC(=O)C1(C)CCN1C(=O)CCc1ccccc1. The van der Waals surface area contributed by atoms with Crippen LogP contribution in [0.2, 0.25) is 5.15 Å². The lowest BCUT2D eigenvalue weighted by atomic mass is 9.85. The van der Waals surface area contributed by atoms with Crippen molar-refractivity contribution in [1.29, 1.82) is 0 Å². The summed E-state index contributed by atoms with van der Waals surface area (Å²) in [6, 6.07) is 9.57. The van der Waals surface area contributed by atoms with Crippen LogP contribution in [-0.2, 0) is 33.1 Å². The van der Waals surface area contributed by atoms with Crippen LogP contribution in [0.4, 0.5) is 0 Å². The van der Waals surface area contributed by atoms with E-state index in [9.17, 15) is 18.0 Å². The first kappa shape index (κ1) is 21.3. The van der Waals surface area contributed by atoms with E-state index >= 15 is 0 Å². The van der Waals surface area contributed by atoms with Crippen LogP contribution < -0.4 is 4.72 Å². The Morgan fingerprint density at radius 3 is 2.45 bits per heavy atom. The molecule has 1 N–H and O–H groups in total. The minimum absolute atomic E-state index is 0.0858. The zero-order valence-corrected chi connectivity index (χ0v) is 18.0. The summed E-state index contributed by atoms with van der Waals surface area (Å²) in [5.41, 5.74) is -0.00664. The summed E-state index contributed by atoms with van der Waals surface area (Å²) < 4.78 is 28.7. The molecule has 0 spiro atoms. The number of likely N-dealkylation sites (tertiary alicyclic amines) is 1. The quantitative estimate of drug-likeness (QED) is 0.741. The highest BCUT2D eigenvalue weighted by atomic mass is 35.5. The molecule has 1 aromatic heterocycles. The Hall–Kier alpha value is -2.39. The topological polar surface area (TPSA) is 101 Å². The molecule has 2 aromatic rings. The fourth-order valence-electron chi connectivity index (χ4n) is 3.42. The van der Waals surface area contributed by atoms with Gasteiger partial charge in [0, 0.05) is 20.0 Å². The van der Waals surface area contributed by atoms with Crippen LogP contribution in [0.3, 0.4) is 0 Å². The summed E-state index contributed by atoms with van der Waals surface area (Å²) in [6.45, 7) is 3.47. The summed E-state index contributed by atoms with van der Waals surface area (Å²) >= 11 is 6.03. The lowest BCUT2D eigenvalue weighted by Gasteiger charge is -2.49. The minimum Gasteiger partial charge on any atom is -0.328 e. The number of aryl methyl sites for hydroxylation is 3. The Balaban J connectivity index is 1.70. The highest BCUT2D eigenvalue weighted by molar-refractivity contribution is 7.90. The van der Waals surface area contributed by atoms with E-state index in [1.165, 1.54) is 23.6 Å². The normalized spacial score (nSPS) is 19.0. The molecule has 1 aromatic carbocycles. The summed E-state index contributed by atoms with van der Waals surface area (Å²) in [6.07, 6.45) is 1.18. The average Bonchev–Trinajstić information content (AvgIpc) is 2.91. The number of carbonyl (C=O) groups excluding carboxylic acids is 2. The molecule has 3 rings (SSSR count). The Morgan fingerprint density at radius 1 is 1.28 bits per heavy atom. The van der Waals surface area contributed by atoms with E-state index in [1.54, 1.807) is 6.92 Å². The van der Waals surface area contributed by atoms with Crippen LogP contribution in [0.25, 0.3) is 0 Å². The van der Waals surface area contributed by atoms with Crippen molar-refractivity contribution in [1.82, 2.24) is 19.4 Å². The second kappa shape index (κ2) is 7.79. The standard InChI is InChI=1S/C19H23ClN4O4S/c1-13-16(17(20)23(3)21-13)29(27,28)22-18(26)19(2)11-12-24(19)15(25)10-9-14-7-5-4-6-8-14/h4-8H,9-12H2,1-3H3,(H,22,26). The van der Waals surface area contributed by atoms with Gasteiger partial charge in [0.25, 0.3) is 15.9 Å². The van der Waals surface area contributed by atoms with Crippen molar-refractivity contribution in [2.75, 3.05) is 6.54 Å². The fourth-order valence-corrected chi connectivity index (χ4v) is 5.25. The zero-order valence-electron chi connectivity index (χ0n) is 16.5. The van der Waals surface area contributed by atoms with Crippen LogP contribution in [-0.4, -0.2) is 47.0 Å². The van der Waals surface area contributed by atoms with E-state index in [0.29, 0.717) is 19.4 Å². The number of nitrogens with one attached hydrogen (secondary N) is 1. The first-order valence-electron chi connectivity index (χ1n) is 9.17. The maximum atomic E-state index is 12.8. The van der Waals surface area contributed by atoms with Crippen molar-refractivity contribution in [2.45, 2.75) is 43.5 Å². The van der Waals surface area contributed by atoms with Gasteiger partial charge in [-0.1, -0.05) is 41.9 Å². The highest BCUT2D eigenvalue weighted by Crippen LogP contribution is 2.32. The summed E-state index contributed by atoms with van der Waals surface area (Å²) in [4.78, 5) is 26.6. The molecule has 29 heavy (non-hydrogen) atoms. The number of amides is 2. The average molecular weight is 439 g/mol. The Labute approximate surface area is 174 Å². The number of nitrogens with zero attached hydrogens (tertiary/aromatic N) is 3. The molecule has 156 valence electrons. The molecule has 1 atom stereocenters. The largest absolute Gasteiger partial charge is 0.328 e. The maximum absolute atomic E-state index is 12.8. The van der Waals surface area contributed by atoms with Gasteiger partial charge < -0.3 is 4.90 Å². The molecular formula is C19H23ClN4O4S. The summed E-state index contributed by atoms with van der Waals surface area (Å²) in [5, 5.41) is 3.88. The van der Waals surface area contributed by atoms with Crippen LogP contribution in [0.5, 0.6) is 0 Å². The summed E-state index contributed by atoms with van der Waals surface area (Å²) in [7, 11) is -2.71. The number of sulfonamides is 1. The van der Waals surface area contributed by atoms with Gasteiger partial charge in [-0.3, -0.25) is 14.3 Å². The van der Waals surface area contributed by atoms with Crippen molar-refractivity contribution < 1.29 is 18.0 Å². The van der Waals surface area contributed by atoms with Crippen molar-refractivity contribution >= 4 is 33.4 Å². The van der Waals surface area contributed by atoms with E-state index in [1.807, 2.05) is 30.3 Å². The van der Waals surface area contributed by atoms with Crippen LogP contribution in [0.15, 0.2) is 35.2 Å².